The van der Waals surface area contributed by atoms with Gasteiger partial charge in [-0.05, 0) is 93.5 Å². The van der Waals surface area contributed by atoms with Gasteiger partial charge < -0.3 is 24.5 Å². The number of amides is 1. The Morgan fingerprint density at radius 2 is 1.80 bits per heavy atom. The maximum Gasteiger partial charge on any atom is 0.319 e. The topological polar surface area (TPSA) is 94.9 Å². The number of ether oxygens (including phenoxy) is 1. The molecule has 1 amide bonds. The number of nitrogens with zero attached hydrogens (tertiary/aromatic N) is 6. The van der Waals surface area contributed by atoms with Gasteiger partial charge in [-0.25, -0.2) is 13.2 Å². The molecule has 2 saturated heterocycles. The first-order valence-corrected chi connectivity index (χ1v) is 18.6. The molecule has 1 aliphatic carbocycles. The number of piperidine rings is 1. The second-order valence-corrected chi connectivity index (χ2v) is 15.1. The van der Waals surface area contributed by atoms with Crippen molar-refractivity contribution in [1.29, 1.82) is 0 Å². The number of terminal acetylenes is 1. The van der Waals surface area contributed by atoms with Gasteiger partial charge in [-0.2, -0.15) is 9.97 Å². The van der Waals surface area contributed by atoms with Crippen LogP contribution in [0, 0.1) is 29.4 Å². The molecule has 55 heavy (non-hydrogen) atoms. The Kier molecular flexibility index (Phi) is 9.37. The number of phenolic OH excluding ortho intramolecular Hbond substituents is 1. The number of aromatic hydroxyl groups is 1. The van der Waals surface area contributed by atoms with E-state index in [2.05, 4.69) is 34.8 Å². The summed E-state index contributed by atoms with van der Waals surface area (Å²) in [6, 6.07) is 13.8. The third-order valence-electron chi connectivity index (χ3n) is 12.2. The summed E-state index contributed by atoms with van der Waals surface area (Å²) < 4.78 is 53.7. The van der Waals surface area contributed by atoms with Crippen LogP contribution in [0.4, 0.5) is 19.0 Å². The van der Waals surface area contributed by atoms with E-state index in [1.54, 1.807) is 30.3 Å². The molecule has 8 rings (SSSR count). The van der Waals surface area contributed by atoms with Gasteiger partial charge >= 0.3 is 6.01 Å². The van der Waals surface area contributed by atoms with Crippen LogP contribution in [0.3, 0.4) is 0 Å². The number of halogens is 3. The Morgan fingerprint density at radius 1 is 1.00 bits per heavy atom. The number of likely N-dealkylation sites (tertiary alicyclic amines) is 1. The van der Waals surface area contributed by atoms with Gasteiger partial charge in [-0.3, -0.25) is 9.78 Å². The monoisotopic (exact) mass is 746 g/mol. The van der Waals surface area contributed by atoms with Gasteiger partial charge in [0.05, 0.1) is 17.9 Å². The van der Waals surface area contributed by atoms with Gasteiger partial charge in [0.1, 0.15) is 22.9 Å². The van der Waals surface area contributed by atoms with Crippen LogP contribution in [0.25, 0.3) is 38.9 Å². The fourth-order valence-corrected chi connectivity index (χ4v) is 9.04. The summed E-state index contributed by atoms with van der Waals surface area (Å²) >= 11 is 0. The Bertz CT molecular complexity index is 2390. The molecule has 3 aliphatic rings. The van der Waals surface area contributed by atoms with Crippen LogP contribution >= 0.6 is 0 Å². The highest BCUT2D eigenvalue weighted by Gasteiger charge is 2.56. The van der Waals surface area contributed by atoms with E-state index >= 15 is 8.78 Å². The largest absolute Gasteiger partial charge is 0.508 e. The number of anilines is 1. The summed E-state index contributed by atoms with van der Waals surface area (Å²) in [6.07, 6.45) is 13.5. The zero-order chi connectivity index (χ0) is 38.5. The first kappa shape index (κ1) is 36.3. The van der Waals surface area contributed by atoms with Gasteiger partial charge in [0.25, 0.3) is 5.91 Å². The van der Waals surface area contributed by atoms with E-state index in [0.29, 0.717) is 28.9 Å². The Labute approximate surface area is 317 Å². The van der Waals surface area contributed by atoms with Crippen molar-refractivity contribution in [3.63, 3.8) is 0 Å². The summed E-state index contributed by atoms with van der Waals surface area (Å²) in [5, 5.41) is 11.8. The van der Waals surface area contributed by atoms with Gasteiger partial charge in [0.2, 0.25) is 0 Å². The highest BCUT2D eigenvalue weighted by atomic mass is 19.1. The van der Waals surface area contributed by atoms with Crippen LogP contribution in [0.2, 0.25) is 0 Å². The highest BCUT2D eigenvalue weighted by molar-refractivity contribution is 6.04. The minimum absolute atomic E-state index is 0.00868. The molecule has 1 saturated carbocycles. The molecule has 2 atom stereocenters. The molecule has 3 fully saturated rings. The number of phenols is 1. The smallest absolute Gasteiger partial charge is 0.319 e. The molecule has 0 spiro atoms. The minimum atomic E-state index is -0.913. The van der Waals surface area contributed by atoms with E-state index in [9.17, 15) is 14.3 Å². The summed E-state index contributed by atoms with van der Waals surface area (Å²) in [6.45, 7) is 4.60. The second-order valence-electron chi connectivity index (χ2n) is 15.1. The van der Waals surface area contributed by atoms with Crippen molar-refractivity contribution < 1.29 is 27.8 Å². The van der Waals surface area contributed by atoms with E-state index < -0.39 is 23.4 Å². The standard InChI is InChI=1S/C43H41F3N6O3/c1-4-30-34(44)13-10-27-23-29(53)25-33(36(27)30)31-11-12-32-38(37(31)46)48-41(55-26-43-15-7-14-42(43,2)50(3)18-8-16-43)49-39(32)51-19-21-52(22-20-51)40(54)35(45)24-28-9-5-6-17-47-28/h1,5-6,9-13,17,23-25,53H,7-8,14-16,18-22,26H2,2-3H3/b35-24-/t42-,43-/m1/s1. The Morgan fingerprint density at radius 3 is 2.56 bits per heavy atom. The fraction of sp³-hybridized carbons (Fsp3) is 0.349. The van der Waals surface area contributed by atoms with Crippen LogP contribution in [0.5, 0.6) is 11.8 Å². The third-order valence-corrected chi connectivity index (χ3v) is 12.2. The van der Waals surface area contributed by atoms with Crippen molar-refractivity contribution >= 4 is 39.5 Å². The van der Waals surface area contributed by atoms with E-state index in [-0.39, 0.29) is 76.5 Å². The predicted octanol–water partition coefficient (Wildman–Crippen LogP) is 7.50. The predicted molar refractivity (Wildman–Crippen MR) is 206 cm³/mol. The molecule has 0 radical (unpaired) electrons. The molecule has 1 N–H and O–H groups in total. The number of pyridine rings is 1. The van der Waals surface area contributed by atoms with Crippen molar-refractivity contribution in [2.75, 3.05) is 51.3 Å². The molecule has 282 valence electrons. The average Bonchev–Trinajstić information content (AvgIpc) is 3.55. The number of aromatic nitrogens is 3. The van der Waals surface area contributed by atoms with Crippen LogP contribution in [0.15, 0.2) is 66.6 Å². The molecule has 0 unspecified atom stereocenters. The van der Waals surface area contributed by atoms with Gasteiger partial charge in [-0.1, -0.05) is 30.5 Å². The highest BCUT2D eigenvalue weighted by Crippen LogP contribution is 2.55. The zero-order valence-electron chi connectivity index (χ0n) is 30.8. The first-order chi connectivity index (χ1) is 26.5. The number of carbonyl (C=O) groups excluding carboxylic acids is 1. The fourth-order valence-electron chi connectivity index (χ4n) is 9.04. The molecule has 5 aromatic rings. The summed E-state index contributed by atoms with van der Waals surface area (Å²) in [5.74, 6) is -0.350. The van der Waals surface area contributed by atoms with Crippen molar-refractivity contribution in [2.45, 2.75) is 44.6 Å². The number of carbonyl (C=O) groups is 1. The quantitative estimate of drug-likeness (QED) is 0.135. The number of benzene rings is 3. The lowest BCUT2D eigenvalue weighted by atomic mass is 9.67. The van der Waals surface area contributed by atoms with E-state index in [4.69, 9.17) is 16.1 Å². The van der Waals surface area contributed by atoms with Crippen molar-refractivity contribution in [2.24, 2.45) is 5.41 Å². The summed E-state index contributed by atoms with van der Waals surface area (Å²) in [7, 11) is 2.16. The average molecular weight is 747 g/mol. The molecular formula is C43H41F3N6O3. The lowest BCUT2D eigenvalue weighted by Gasteiger charge is -2.53. The van der Waals surface area contributed by atoms with Crippen molar-refractivity contribution in [3.8, 4) is 35.2 Å². The minimum Gasteiger partial charge on any atom is -0.508 e. The number of fused-ring (bicyclic) bond motifs is 3. The molecular weight excluding hydrogens is 706 g/mol. The maximum atomic E-state index is 17.1. The Hall–Kier alpha value is -5.67. The third kappa shape index (κ3) is 6.30. The lowest BCUT2D eigenvalue weighted by Crippen LogP contribution is -2.59. The van der Waals surface area contributed by atoms with Crippen LogP contribution in [-0.2, 0) is 4.79 Å². The number of rotatable bonds is 7. The van der Waals surface area contributed by atoms with Crippen LogP contribution in [-0.4, -0.2) is 87.7 Å². The second kappa shape index (κ2) is 14.2. The van der Waals surface area contributed by atoms with Gasteiger partial charge in [-0.15, -0.1) is 6.42 Å². The van der Waals surface area contributed by atoms with Crippen molar-refractivity contribution in [1.82, 2.24) is 24.8 Å². The van der Waals surface area contributed by atoms with E-state index in [1.165, 1.54) is 35.4 Å². The number of hydrogen-bond donors (Lipinski definition) is 1. The summed E-state index contributed by atoms with van der Waals surface area (Å²) in [5.41, 5.74) is 0.346. The van der Waals surface area contributed by atoms with E-state index in [0.717, 1.165) is 44.7 Å². The van der Waals surface area contributed by atoms with Gasteiger partial charge in [0, 0.05) is 65.7 Å². The molecule has 12 heteroatoms. The normalized spacial score (nSPS) is 21.9. The van der Waals surface area contributed by atoms with Crippen LogP contribution < -0.4 is 9.64 Å². The molecule has 9 nitrogen and oxygen atoms in total. The molecule has 2 aromatic heterocycles. The molecule has 0 bridgehead atoms. The zero-order valence-corrected chi connectivity index (χ0v) is 30.8. The van der Waals surface area contributed by atoms with Crippen molar-refractivity contribution in [3.05, 3.63) is 89.5 Å². The molecule has 2 aliphatic heterocycles. The lowest BCUT2D eigenvalue weighted by molar-refractivity contribution is -0.128. The SMILES string of the molecule is C#Cc1c(F)ccc2cc(O)cc(-c3ccc4c(N5CCN(C(=O)/C(F)=C/c6ccccn6)CC5)nc(OC[C@@]56CCCN(C)[C@]5(C)CCC6)nc4c3F)c12. The maximum absolute atomic E-state index is 17.1. The first-order valence-electron chi connectivity index (χ1n) is 18.6. The summed E-state index contributed by atoms with van der Waals surface area (Å²) in [4.78, 5) is 32.5. The number of piperazine rings is 1. The van der Waals surface area contributed by atoms with E-state index in [1.807, 2.05) is 4.90 Å². The van der Waals surface area contributed by atoms with Gasteiger partial charge in [0.15, 0.2) is 11.6 Å². The molecule has 3 aromatic carbocycles. The Balaban J connectivity index is 1.18. The van der Waals surface area contributed by atoms with Crippen LogP contribution in [0.1, 0.15) is 50.3 Å². The number of hydrogen-bond acceptors (Lipinski definition) is 8. The molecule has 4 heterocycles.